The highest BCUT2D eigenvalue weighted by molar-refractivity contribution is 5.66. The highest BCUT2D eigenvalue weighted by Crippen LogP contribution is 2.12. The molecule has 0 amide bonds. The number of hydrogen-bond acceptors (Lipinski definition) is 3. The quantitative estimate of drug-likeness (QED) is 0.676. The molecule has 1 N–H and O–H groups in total. The summed E-state index contributed by atoms with van der Waals surface area (Å²) in [5, 5.41) is 8.52. The fourth-order valence-corrected chi connectivity index (χ4v) is 1.73. The van der Waals surface area contributed by atoms with E-state index in [2.05, 4.69) is 16.8 Å². The Labute approximate surface area is 79.1 Å². The number of hydrogen-bond donors (Lipinski definition) is 1. The van der Waals surface area contributed by atoms with Crippen molar-refractivity contribution in [1.82, 2.24) is 9.80 Å². The molecule has 0 radical (unpaired) electrons. The van der Waals surface area contributed by atoms with Crippen molar-refractivity contribution in [1.29, 1.82) is 0 Å². The van der Waals surface area contributed by atoms with Gasteiger partial charge in [-0.1, -0.05) is 0 Å². The van der Waals surface area contributed by atoms with Crippen molar-refractivity contribution in [2.75, 3.05) is 33.7 Å². The van der Waals surface area contributed by atoms with E-state index in [1.165, 1.54) is 0 Å². The minimum Gasteiger partial charge on any atom is -0.481 e. The maximum absolute atomic E-state index is 10.3. The van der Waals surface area contributed by atoms with E-state index >= 15 is 0 Å². The Hall–Kier alpha value is -0.610. The molecule has 13 heavy (non-hydrogen) atoms. The Morgan fingerprint density at radius 3 is 2.85 bits per heavy atom. The molecule has 0 aromatic rings. The molecule has 1 heterocycles. The zero-order valence-electron chi connectivity index (χ0n) is 8.36. The van der Waals surface area contributed by atoms with E-state index in [1.54, 1.807) is 0 Å². The number of carbonyl (C=O) groups is 1. The zero-order chi connectivity index (χ0) is 9.84. The molecular formula is C9H18N2O2. The van der Waals surface area contributed by atoms with Gasteiger partial charge in [0.15, 0.2) is 0 Å². The number of nitrogens with zero attached hydrogens (tertiary/aromatic N) is 2. The number of carboxylic acids is 1. The molecule has 1 atom stereocenters. The van der Waals surface area contributed by atoms with Gasteiger partial charge in [0.05, 0.1) is 6.42 Å². The van der Waals surface area contributed by atoms with Crippen molar-refractivity contribution < 1.29 is 9.90 Å². The molecule has 0 spiro atoms. The Morgan fingerprint density at radius 1 is 1.69 bits per heavy atom. The molecule has 1 saturated heterocycles. The fourth-order valence-electron chi connectivity index (χ4n) is 1.73. The summed E-state index contributed by atoms with van der Waals surface area (Å²) in [6, 6.07) is 0.546. The normalized spacial score (nSPS) is 24.1. The number of aliphatic carboxylic acids is 1. The van der Waals surface area contributed by atoms with E-state index in [9.17, 15) is 4.79 Å². The number of carboxylic acid groups (broad SMARTS) is 1. The van der Waals surface area contributed by atoms with Crippen LogP contribution in [0.1, 0.15) is 12.8 Å². The van der Waals surface area contributed by atoms with Gasteiger partial charge in [0.25, 0.3) is 0 Å². The van der Waals surface area contributed by atoms with E-state index in [-0.39, 0.29) is 6.42 Å². The lowest BCUT2D eigenvalue weighted by molar-refractivity contribution is -0.137. The van der Waals surface area contributed by atoms with Crippen LogP contribution < -0.4 is 0 Å². The Balaban J connectivity index is 2.23. The third-order valence-electron chi connectivity index (χ3n) is 2.67. The van der Waals surface area contributed by atoms with E-state index in [4.69, 9.17) is 5.11 Å². The second-order valence-electron chi connectivity index (χ2n) is 3.83. The monoisotopic (exact) mass is 186 g/mol. The molecule has 1 aliphatic heterocycles. The fraction of sp³-hybridized carbons (Fsp3) is 0.889. The molecular weight excluding hydrogens is 168 g/mol. The van der Waals surface area contributed by atoms with Gasteiger partial charge in [0, 0.05) is 19.1 Å². The third kappa shape index (κ3) is 3.32. The number of likely N-dealkylation sites (N-methyl/N-ethyl adjacent to an activating group) is 2. The van der Waals surface area contributed by atoms with E-state index in [1.807, 2.05) is 7.05 Å². The van der Waals surface area contributed by atoms with Gasteiger partial charge < -0.3 is 14.9 Å². The lowest BCUT2D eigenvalue weighted by atomic mass is 10.2. The predicted octanol–water partition coefficient (Wildman–Crippen LogP) is 0.0970. The summed E-state index contributed by atoms with van der Waals surface area (Å²) in [7, 11) is 4.11. The van der Waals surface area contributed by atoms with E-state index < -0.39 is 5.97 Å². The summed E-state index contributed by atoms with van der Waals surface area (Å²) >= 11 is 0. The second-order valence-corrected chi connectivity index (χ2v) is 3.83. The van der Waals surface area contributed by atoms with Crippen LogP contribution in [0, 0.1) is 0 Å². The van der Waals surface area contributed by atoms with Gasteiger partial charge in [-0.3, -0.25) is 4.79 Å². The lowest BCUT2D eigenvalue weighted by Crippen LogP contribution is -2.35. The van der Waals surface area contributed by atoms with Crippen LogP contribution in [0.3, 0.4) is 0 Å². The Morgan fingerprint density at radius 2 is 2.38 bits per heavy atom. The first-order chi connectivity index (χ1) is 6.09. The SMILES string of the molecule is CN1CCC(N(C)CCC(=O)O)C1. The third-order valence-corrected chi connectivity index (χ3v) is 2.67. The lowest BCUT2D eigenvalue weighted by Gasteiger charge is -2.23. The van der Waals surface area contributed by atoms with Gasteiger partial charge in [0.1, 0.15) is 0 Å². The minimum absolute atomic E-state index is 0.247. The second kappa shape index (κ2) is 4.58. The molecule has 1 rings (SSSR count). The summed E-state index contributed by atoms with van der Waals surface area (Å²) in [5.74, 6) is -0.710. The van der Waals surface area contributed by atoms with Crippen molar-refractivity contribution in [3.05, 3.63) is 0 Å². The van der Waals surface area contributed by atoms with Crippen LogP contribution in [-0.4, -0.2) is 60.6 Å². The topological polar surface area (TPSA) is 43.8 Å². The minimum atomic E-state index is -0.710. The first-order valence-electron chi connectivity index (χ1n) is 4.70. The average Bonchev–Trinajstić information content (AvgIpc) is 2.47. The van der Waals surface area contributed by atoms with Crippen molar-refractivity contribution in [3.8, 4) is 0 Å². The summed E-state index contributed by atoms with van der Waals surface area (Å²) in [6.07, 6.45) is 1.41. The molecule has 0 bridgehead atoms. The molecule has 0 aliphatic carbocycles. The maximum atomic E-state index is 10.3. The van der Waals surface area contributed by atoms with Crippen LogP contribution in [0.25, 0.3) is 0 Å². The highest BCUT2D eigenvalue weighted by atomic mass is 16.4. The summed E-state index contributed by atoms with van der Waals surface area (Å²) in [4.78, 5) is 14.8. The molecule has 4 heteroatoms. The van der Waals surface area contributed by atoms with Crippen LogP contribution in [0.4, 0.5) is 0 Å². The molecule has 1 aliphatic rings. The molecule has 0 aromatic heterocycles. The number of likely N-dealkylation sites (tertiary alicyclic amines) is 1. The first kappa shape index (κ1) is 10.5. The number of rotatable bonds is 4. The van der Waals surface area contributed by atoms with Gasteiger partial charge in [-0.05, 0) is 27.1 Å². The first-order valence-corrected chi connectivity index (χ1v) is 4.70. The smallest absolute Gasteiger partial charge is 0.304 e. The summed E-state index contributed by atoms with van der Waals surface area (Å²) < 4.78 is 0. The van der Waals surface area contributed by atoms with Crippen LogP contribution >= 0.6 is 0 Å². The van der Waals surface area contributed by atoms with Crippen molar-refractivity contribution in [2.24, 2.45) is 0 Å². The molecule has 1 fully saturated rings. The van der Waals surface area contributed by atoms with Crippen molar-refractivity contribution in [3.63, 3.8) is 0 Å². The maximum Gasteiger partial charge on any atom is 0.304 e. The van der Waals surface area contributed by atoms with Crippen molar-refractivity contribution >= 4 is 5.97 Å². The van der Waals surface area contributed by atoms with Crippen LogP contribution in [0.5, 0.6) is 0 Å². The molecule has 76 valence electrons. The average molecular weight is 186 g/mol. The van der Waals surface area contributed by atoms with E-state index in [0.29, 0.717) is 12.6 Å². The summed E-state index contributed by atoms with van der Waals surface area (Å²) in [6.45, 7) is 2.85. The van der Waals surface area contributed by atoms with Gasteiger partial charge >= 0.3 is 5.97 Å². The van der Waals surface area contributed by atoms with Crippen molar-refractivity contribution in [2.45, 2.75) is 18.9 Å². The molecule has 4 nitrogen and oxygen atoms in total. The van der Waals surface area contributed by atoms with Gasteiger partial charge in [-0.15, -0.1) is 0 Å². The van der Waals surface area contributed by atoms with Gasteiger partial charge in [0.2, 0.25) is 0 Å². The van der Waals surface area contributed by atoms with Gasteiger partial charge in [-0.2, -0.15) is 0 Å². The predicted molar refractivity (Wildman–Crippen MR) is 50.8 cm³/mol. The van der Waals surface area contributed by atoms with Crippen LogP contribution in [0.15, 0.2) is 0 Å². The Kier molecular flexibility index (Phi) is 3.69. The zero-order valence-corrected chi connectivity index (χ0v) is 8.36. The van der Waals surface area contributed by atoms with Crippen LogP contribution in [0.2, 0.25) is 0 Å². The van der Waals surface area contributed by atoms with Gasteiger partial charge in [-0.25, -0.2) is 0 Å². The largest absolute Gasteiger partial charge is 0.481 e. The molecule has 0 saturated carbocycles. The molecule has 0 aromatic carbocycles. The van der Waals surface area contributed by atoms with E-state index in [0.717, 1.165) is 19.5 Å². The standard InChI is InChI=1S/C9H18N2O2/c1-10-5-3-8(7-10)11(2)6-4-9(12)13/h8H,3-7H2,1-2H3,(H,12,13). The molecule has 1 unspecified atom stereocenters. The Bertz CT molecular complexity index is 184. The summed E-state index contributed by atoms with van der Waals surface area (Å²) in [5.41, 5.74) is 0. The highest BCUT2D eigenvalue weighted by Gasteiger charge is 2.22. The van der Waals surface area contributed by atoms with Crippen LogP contribution in [-0.2, 0) is 4.79 Å².